The normalized spacial score (nSPS) is 20.4. The molecule has 202 valence electrons. The lowest BCUT2D eigenvalue weighted by molar-refractivity contribution is -0.146. The number of epoxide rings is 1. The Bertz CT molecular complexity index is 1110. The van der Waals surface area contributed by atoms with Crippen molar-refractivity contribution in [3.05, 3.63) is 42.1 Å². The van der Waals surface area contributed by atoms with Crippen molar-refractivity contribution in [1.82, 2.24) is 9.88 Å². The molecule has 0 radical (unpaired) electrons. The van der Waals surface area contributed by atoms with Crippen LogP contribution in [0.4, 0.5) is 43.9 Å². The van der Waals surface area contributed by atoms with Crippen molar-refractivity contribution in [2.75, 3.05) is 23.7 Å². The Morgan fingerprint density at radius 3 is 2.35 bits per heavy atom. The molecule has 2 unspecified atom stereocenters. The molecular weight excluding hydrogens is 503 g/mol. The molecule has 1 amide bonds. The first-order valence-electron chi connectivity index (χ1n) is 11.6. The van der Waals surface area contributed by atoms with Gasteiger partial charge in [-0.25, -0.2) is 18.6 Å². The zero-order valence-electron chi connectivity index (χ0n) is 20.4. The number of halogens is 5. The van der Waals surface area contributed by atoms with Gasteiger partial charge in [-0.1, -0.05) is 0 Å². The second kappa shape index (κ2) is 10.2. The maximum atomic E-state index is 14.8. The fourth-order valence-electron chi connectivity index (χ4n) is 3.78. The van der Waals surface area contributed by atoms with Gasteiger partial charge in [-0.05, 0) is 32.9 Å². The van der Waals surface area contributed by atoms with Crippen LogP contribution in [0.5, 0.6) is 5.75 Å². The first-order valence-corrected chi connectivity index (χ1v) is 11.6. The highest BCUT2D eigenvalue weighted by Crippen LogP contribution is 2.39. The molecule has 13 heteroatoms. The molecule has 0 saturated carbocycles. The number of hydrogen-bond donors (Lipinski definition) is 2. The average molecular weight is 530 g/mol. The van der Waals surface area contributed by atoms with E-state index < -0.39 is 53.7 Å². The average Bonchev–Trinajstić information content (AvgIpc) is 3.57. The number of aromatic nitrogens is 1. The highest BCUT2D eigenvalue weighted by Gasteiger charge is 2.58. The van der Waals surface area contributed by atoms with Crippen LogP contribution in [0.3, 0.4) is 0 Å². The molecule has 2 saturated heterocycles. The first kappa shape index (κ1) is 26.7. The molecule has 2 fully saturated rings. The molecule has 2 N–H and O–H groups in total. The van der Waals surface area contributed by atoms with Gasteiger partial charge >= 0.3 is 12.3 Å². The van der Waals surface area contributed by atoms with E-state index in [1.54, 1.807) is 20.8 Å². The van der Waals surface area contributed by atoms with E-state index in [4.69, 9.17) is 9.47 Å². The number of carbonyl (C=O) groups is 1. The van der Waals surface area contributed by atoms with Gasteiger partial charge in [-0.2, -0.15) is 13.2 Å². The molecule has 37 heavy (non-hydrogen) atoms. The van der Waals surface area contributed by atoms with E-state index in [-0.39, 0.29) is 17.2 Å². The molecule has 2 aliphatic heterocycles. The standard InChI is InChI=1S/C24H27F5N4O4/c1-23(2,3)37-22(34)33-9-6-14(7-10-33)35-18-15(25)11-13(12-16(18)26)31-20-17(5-4-8-30-20)32-21-19(36-21)24(27,28)29/h4-5,8,11-12,14,19,21,32H,6-7,9-10H2,1-3H3,(H,30,31). The zero-order chi connectivity index (χ0) is 27.0. The van der Waals surface area contributed by atoms with E-state index in [1.807, 2.05) is 0 Å². The number of nitrogens with one attached hydrogen (secondary N) is 2. The lowest BCUT2D eigenvalue weighted by Crippen LogP contribution is -2.44. The van der Waals surface area contributed by atoms with E-state index in [0.717, 1.165) is 12.1 Å². The number of benzene rings is 1. The van der Waals surface area contributed by atoms with Crippen molar-refractivity contribution >= 4 is 23.3 Å². The van der Waals surface area contributed by atoms with Gasteiger partial charge in [0.25, 0.3) is 0 Å². The van der Waals surface area contributed by atoms with E-state index in [0.29, 0.717) is 25.9 Å². The Morgan fingerprint density at radius 1 is 1.14 bits per heavy atom. The lowest BCUT2D eigenvalue weighted by Gasteiger charge is -2.33. The molecule has 0 aliphatic carbocycles. The Balaban J connectivity index is 1.37. The summed E-state index contributed by atoms with van der Waals surface area (Å²) in [4.78, 5) is 17.7. The molecule has 2 aromatic rings. The number of rotatable bonds is 6. The van der Waals surface area contributed by atoms with Gasteiger partial charge in [-0.3, -0.25) is 0 Å². The minimum Gasteiger partial charge on any atom is -0.484 e. The van der Waals surface area contributed by atoms with Crippen molar-refractivity contribution in [3.63, 3.8) is 0 Å². The maximum Gasteiger partial charge on any atom is 0.419 e. The third-order valence-electron chi connectivity index (χ3n) is 5.56. The van der Waals surface area contributed by atoms with Gasteiger partial charge in [-0.15, -0.1) is 0 Å². The quantitative estimate of drug-likeness (QED) is 0.372. The summed E-state index contributed by atoms with van der Waals surface area (Å²) in [7, 11) is 0. The van der Waals surface area contributed by atoms with Gasteiger partial charge < -0.3 is 29.7 Å². The number of ether oxygens (including phenoxy) is 3. The Morgan fingerprint density at radius 2 is 1.78 bits per heavy atom. The van der Waals surface area contributed by atoms with Crippen LogP contribution in [0.25, 0.3) is 0 Å². The second-order valence-electron chi connectivity index (χ2n) is 9.74. The molecular formula is C24H27F5N4O4. The summed E-state index contributed by atoms with van der Waals surface area (Å²) in [6.07, 6.45) is -6.60. The molecule has 2 atom stereocenters. The number of alkyl halides is 3. The van der Waals surface area contributed by atoms with Crippen LogP contribution in [0, 0.1) is 11.6 Å². The molecule has 1 aromatic carbocycles. The maximum absolute atomic E-state index is 14.8. The van der Waals surface area contributed by atoms with Gasteiger partial charge in [0.1, 0.15) is 11.7 Å². The van der Waals surface area contributed by atoms with Gasteiger partial charge in [0.15, 0.2) is 35.5 Å². The predicted molar refractivity (Wildman–Crippen MR) is 124 cm³/mol. The van der Waals surface area contributed by atoms with Crippen LogP contribution < -0.4 is 15.4 Å². The number of carbonyl (C=O) groups excluding carboxylic acids is 1. The van der Waals surface area contributed by atoms with Crippen molar-refractivity contribution < 1.29 is 41.0 Å². The van der Waals surface area contributed by atoms with Crippen LogP contribution in [0.1, 0.15) is 33.6 Å². The van der Waals surface area contributed by atoms with Crippen LogP contribution in [-0.4, -0.2) is 59.3 Å². The van der Waals surface area contributed by atoms with Crippen molar-refractivity contribution in [2.45, 2.75) is 63.8 Å². The highest BCUT2D eigenvalue weighted by molar-refractivity contribution is 5.71. The van der Waals surface area contributed by atoms with Crippen molar-refractivity contribution in [3.8, 4) is 5.75 Å². The SMILES string of the molecule is CC(C)(C)OC(=O)N1CCC(Oc2c(F)cc(Nc3ncccc3NC3OC3C(F)(F)F)cc2F)CC1. The molecule has 0 spiro atoms. The summed E-state index contributed by atoms with van der Waals surface area (Å²) in [5, 5.41) is 5.27. The number of anilines is 3. The van der Waals surface area contributed by atoms with Crippen molar-refractivity contribution in [2.24, 2.45) is 0 Å². The van der Waals surface area contributed by atoms with E-state index in [2.05, 4.69) is 20.4 Å². The number of nitrogens with zero attached hydrogens (tertiary/aromatic N) is 2. The second-order valence-corrected chi connectivity index (χ2v) is 9.74. The minimum atomic E-state index is -4.51. The summed E-state index contributed by atoms with van der Waals surface area (Å²) in [5.74, 6) is -2.43. The van der Waals surface area contributed by atoms with E-state index in [1.165, 1.54) is 23.2 Å². The molecule has 2 aliphatic rings. The van der Waals surface area contributed by atoms with Crippen LogP contribution >= 0.6 is 0 Å². The van der Waals surface area contributed by atoms with Gasteiger partial charge in [0, 0.05) is 49.9 Å². The zero-order valence-corrected chi connectivity index (χ0v) is 20.4. The highest BCUT2D eigenvalue weighted by atomic mass is 19.4. The predicted octanol–water partition coefficient (Wildman–Crippen LogP) is 5.58. The van der Waals surface area contributed by atoms with Gasteiger partial charge in [0.2, 0.25) is 0 Å². The fraction of sp³-hybridized carbons (Fsp3) is 0.500. The van der Waals surface area contributed by atoms with Crippen molar-refractivity contribution in [1.29, 1.82) is 0 Å². The Hall–Kier alpha value is -3.35. The largest absolute Gasteiger partial charge is 0.484 e. The van der Waals surface area contributed by atoms with E-state index in [9.17, 15) is 26.7 Å². The van der Waals surface area contributed by atoms with Crippen LogP contribution in [0.2, 0.25) is 0 Å². The molecule has 1 aromatic heterocycles. The van der Waals surface area contributed by atoms with Crippen LogP contribution in [-0.2, 0) is 9.47 Å². The molecule has 3 heterocycles. The molecule has 4 rings (SSSR count). The summed E-state index contributed by atoms with van der Waals surface area (Å²) < 4.78 is 83.3. The summed E-state index contributed by atoms with van der Waals surface area (Å²) in [6.45, 7) is 5.93. The summed E-state index contributed by atoms with van der Waals surface area (Å²) in [6, 6.07) is 4.95. The smallest absolute Gasteiger partial charge is 0.419 e. The first-order chi connectivity index (χ1) is 17.3. The number of amides is 1. The van der Waals surface area contributed by atoms with E-state index >= 15 is 0 Å². The topological polar surface area (TPSA) is 88.2 Å². The number of piperidine rings is 1. The van der Waals surface area contributed by atoms with Gasteiger partial charge in [0.05, 0.1) is 5.69 Å². The Labute approximate surface area is 210 Å². The molecule has 0 bridgehead atoms. The number of hydrogen-bond acceptors (Lipinski definition) is 7. The lowest BCUT2D eigenvalue weighted by atomic mass is 10.1. The Kier molecular flexibility index (Phi) is 7.36. The number of pyridine rings is 1. The third kappa shape index (κ3) is 6.90. The summed E-state index contributed by atoms with van der Waals surface area (Å²) in [5.41, 5.74) is -0.486. The third-order valence-corrected chi connectivity index (χ3v) is 5.56. The monoisotopic (exact) mass is 530 g/mol. The number of likely N-dealkylation sites (tertiary alicyclic amines) is 1. The molecule has 8 nitrogen and oxygen atoms in total. The summed E-state index contributed by atoms with van der Waals surface area (Å²) >= 11 is 0. The minimum absolute atomic E-state index is 0.0204. The van der Waals surface area contributed by atoms with Crippen LogP contribution in [0.15, 0.2) is 30.5 Å². The fourth-order valence-corrected chi connectivity index (χ4v) is 3.78.